The van der Waals surface area contributed by atoms with Crippen LogP contribution in [0.1, 0.15) is 32.1 Å². The molecule has 0 fully saturated rings. The van der Waals surface area contributed by atoms with Crippen molar-refractivity contribution in [3.63, 3.8) is 0 Å². The molecule has 0 amide bonds. The Balaban J connectivity index is 1.23. The molecule has 4 aliphatic rings. The summed E-state index contributed by atoms with van der Waals surface area (Å²) in [6, 6.07) is 27.0. The van der Waals surface area contributed by atoms with Crippen LogP contribution in [0.4, 0.5) is 0 Å². The summed E-state index contributed by atoms with van der Waals surface area (Å²) in [5.41, 5.74) is 8.57. The van der Waals surface area contributed by atoms with Gasteiger partial charge in [-0.05, 0) is 61.5 Å². The second-order valence-electron chi connectivity index (χ2n) is 12.1. The number of amidine groups is 2. The highest BCUT2D eigenvalue weighted by Gasteiger charge is 2.28. The van der Waals surface area contributed by atoms with Crippen molar-refractivity contribution in [2.45, 2.75) is 38.3 Å². The third-order valence-corrected chi connectivity index (χ3v) is 9.00. The van der Waals surface area contributed by atoms with E-state index in [4.69, 9.17) is 20.0 Å². The number of rotatable bonds is 7. The largest absolute Gasteiger partial charge is 0.328 e. The van der Waals surface area contributed by atoms with E-state index in [1.54, 1.807) is 0 Å². The first-order valence-electron chi connectivity index (χ1n) is 16.5. The highest BCUT2D eigenvalue weighted by atomic mass is 15.2. The SMILES string of the molecule is C1=CCC(C2=NC(C3=CCCC=C3)N=C(C3=CC=C(n4c(-c5ccccn5)nc(-c5ccccc5)c4-c4ccccc4)CC3)N2)C=C1. The first-order valence-corrected chi connectivity index (χ1v) is 16.5. The summed E-state index contributed by atoms with van der Waals surface area (Å²) in [5, 5.41) is 3.65. The summed E-state index contributed by atoms with van der Waals surface area (Å²) < 4.78 is 2.32. The fraction of sp³-hybridized carbons (Fsp3) is 0.171. The van der Waals surface area contributed by atoms with E-state index in [2.05, 4.69) is 119 Å². The zero-order valence-corrected chi connectivity index (χ0v) is 26.2. The van der Waals surface area contributed by atoms with Crippen molar-refractivity contribution < 1.29 is 0 Å². The van der Waals surface area contributed by atoms with E-state index in [1.807, 2.05) is 30.5 Å². The molecule has 3 heterocycles. The Morgan fingerprint density at radius 1 is 0.766 bits per heavy atom. The average Bonchev–Trinajstić information content (AvgIpc) is 3.57. The Hall–Kier alpha value is -5.62. The molecule has 2 unspecified atom stereocenters. The lowest BCUT2D eigenvalue weighted by molar-refractivity contribution is 0.749. The Morgan fingerprint density at radius 3 is 2.30 bits per heavy atom. The van der Waals surface area contributed by atoms with Gasteiger partial charge in [-0.1, -0.05) is 115 Å². The molecule has 4 aromatic rings. The lowest BCUT2D eigenvalue weighted by atomic mass is 9.96. The summed E-state index contributed by atoms with van der Waals surface area (Å²) in [7, 11) is 0. The van der Waals surface area contributed by atoms with E-state index in [0.29, 0.717) is 0 Å². The fourth-order valence-corrected chi connectivity index (χ4v) is 6.61. The van der Waals surface area contributed by atoms with Crippen molar-refractivity contribution >= 4 is 17.4 Å². The summed E-state index contributed by atoms with van der Waals surface area (Å²) in [6.45, 7) is 0. The number of aliphatic imine (C=N–C) groups is 2. The Labute approximate surface area is 275 Å². The quantitative estimate of drug-likeness (QED) is 0.227. The van der Waals surface area contributed by atoms with Gasteiger partial charge < -0.3 is 5.32 Å². The van der Waals surface area contributed by atoms with Crippen molar-refractivity contribution in [2.24, 2.45) is 15.9 Å². The Kier molecular flexibility index (Phi) is 7.98. The highest BCUT2D eigenvalue weighted by molar-refractivity contribution is 6.12. The van der Waals surface area contributed by atoms with Crippen molar-refractivity contribution in [1.82, 2.24) is 19.9 Å². The van der Waals surface area contributed by atoms with Gasteiger partial charge in [-0.2, -0.15) is 0 Å². The molecule has 0 saturated carbocycles. The first-order chi connectivity index (χ1) is 23.3. The van der Waals surface area contributed by atoms with Gasteiger partial charge in [0.15, 0.2) is 12.0 Å². The Morgan fingerprint density at radius 2 is 1.60 bits per heavy atom. The monoisotopic (exact) mass is 612 g/mol. The molecule has 2 aromatic heterocycles. The third kappa shape index (κ3) is 5.90. The van der Waals surface area contributed by atoms with Gasteiger partial charge in [-0.15, -0.1) is 0 Å². The molecule has 0 spiro atoms. The van der Waals surface area contributed by atoms with Crippen LogP contribution >= 0.6 is 0 Å². The standard InChI is InChI=1S/C41H36N6/c1-5-15-29(16-6-1)36-37(30-17-7-2-8-18-30)47(41(43-36)35-23-13-14-28-42-35)34-26-24-33(25-27-34)40-45-38(31-19-9-3-10-20-31)44-39(46-40)32-21-11-4-12-22-32/h1-3,5-11,13-19,21-24,26,28,31,39H,4,12,20,25,27H2,(H,44,45,46). The van der Waals surface area contributed by atoms with Gasteiger partial charge in [0.2, 0.25) is 0 Å². The number of nitrogens with one attached hydrogen (secondary N) is 1. The predicted octanol–water partition coefficient (Wildman–Crippen LogP) is 8.98. The smallest absolute Gasteiger partial charge is 0.169 e. The molecule has 0 bridgehead atoms. The number of allylic oxidation sites excluding steroid dienone is 8. The molecule has 6 nitrogen and oxygen atoms in total. The van der Waals surface area contributed by atoms with Crippen molar-refractivity contribution in [3.05, 3.63) is 151 Å². The fourth-order valence-electron chi connectivity index (χ4n) is 6.61. The number of imidazole rings is 1. The predicted molar refractivity (Wildman–Crippen MR) is 193 cm³/mol. The summed E-state index contributed by atoms with van der Waals surface area (Å²) in [4.78, 5) is 20.3. The van der Waals surface area contributed by atoms with Crippen molar-refractivity contribution in [1.29, 1.82) is 0 Å². The minimum atomic E-state index is -0.231. The summed E-state index contributed by atoms with van der Waals surface area (Å²) in [5.74, 6) is 2.96. The van der Waals surface area contributed by atoms with E-state index >= 15 is 0 Å². The van der Waals surface area contributed by atoms with Crippen molar-refractivity contribution in [2.75, 3.05) is 0 Å². The average molecular weight is 613 g/mol. The number of nitrogens with zero attached hydrogens (tertiary/aromatic N) is 5. The zero-order chi connectivity index (χ0) is 31.4. The molecule has 1 aliphatic heterocycles. The van der Waals surface area contributed by atoms with E-state index < -0.39 is 0 Å². The van der Waals surface area contributed by atoms with E-state index in [9.17, 15) is 0 Å². The molecule has 47 heavy (non-hydrogen) atoms. The molecule has 2 atom stereocenters. The van der Waals surface area contributed by atoms with Crippen LogP contribution in [0, 0.1) is 5.92 Å². The molecule has 230 valence electrons. The minimum absolute atomic E-state index is 0.216. The maximum atomic E-state index is 5.30. The van der Waals surface area contributed by atoms with Gasteiger partial charge in [0.1, 0.15) is 17.4 Å². The van der Waals surface area contributed by atoms with E-state index in [0.717, 1.165) is 77.8 Å². The van der Waals surface area contributed by atoms with Crippen LogP contribution < -0.4 is 5.32 Å². The molecule has 6 heteroatoms. The summed E-state index contributed by atoms with van der Waals surface area (Å²) >= 11 is 0. The first kappa shape index (κ1) is 28.8. The topological polar surface area (TPSA) is 67.5 Å². The van der Waals surface area contributed by atoms with Crippen LogP contribution in [0.5, 0.6) is 0 Å². The maximum Gasteiger partial charge on any atom is 0.169 e. The van der Waals surface area contributed by atoms with Gasteiger partial charge in [-0.25, -0.2) is 15.0 Å². The number of pyridine rings is 1. The van der Waals surface area contributed by atoms with Gasteiger partial charge in [-0.3, -0.25) is 9.55 Å². The lowest BCUT2D eigenvalue weighted by Gasteiger charge is -2.28. The molecule has 0 saturated heterocycles. The number of aromatic nitrogens is 3. The molecular weight excluding hydrogens is 576 g/mol. The van der Waals surface area contributed by atoms with Crippen LogP contribution in [-0.2, 0) is 0 Å². The molecular formula is C41H36N6. The van der Waals surface area contributed by atoms with Gasteiger partial charge in [0.25, 0.3) is 0 Å². The molecule has 8 rings (SSSR count). The number of benzene rings is 2. The third-order valence-electron chi connectivity index (χ3n) is 9.00. The second kappa shape index (κ2) is 13.0. The van der Waals surface area contributed by atoms with E-state index in [1.165, 1.54) is 16.8 Å². The van der Waals surface area contributed by atoms with Crippen LogP contribution in [-0.4, -0.2) is 32.4 Å². The second-order valence-corrected chi connectivity index (χ2v) is 12.1. The summed E-state index contributed by atoms with van der Waals surface area (Å²) in [6.07, 6.45) is 26.2. The lowest BCUT2D eigenvalue weighted by Crippen LogP contribution is -2.41. The Bertz CT molecular complexity index is 2020. The van der Waals surface area contributed by atoms with Gasteiger partial charge in [0.05, 0.1) is 11.4 Å². The van der Waals surface area contributed by atoms with Crippen LogP contribution in [0.15, 0.2) is 161 Å². The highest BCUT2D eigenvalue weighted by Crippen LogP contribution is 2.40. The molecule has 0 radical (unpaired) electrons. The van der Waals surface area contributed by atoms with Crippen molar-refractivity contribution in [3.8, 4) is 34.0 Å². The molecule has 1 N–H and O–H groups in total. The maximum absolute atomic E-state index is 5.30. The normalized spacial score (nSPS) is 20.5. The molecule has 3 aliphatic carbocycles. The van der Waals surface area contributed by atoms with Crippen LogP contribution in [0.2, 0.25) is 0 Å². The number of hydrogen-bond donors (Lipinski definition) is 1. The number of hydrogen-bond acceptors (Lipinski definition) is 5. The molecule has 2 aromatic carbocycles. The van der Waals surface area contributed by atoms with Gasteiger partial charge in [0, 0.05) is 28.9 Å². The van der Waals surface area contributed by atoms with Gasteiger partial charge >= 0.3 is 0 Å². The van der Waals surface area contributed by atoms with E-state index in [-0.39, 0.29) is 12.1 Å². The zero-order valence-electron chi connectivity index (χ0n) is 26.2. The minimum Gasteiger partial charge on any atom is -0.328 e. The van der Waals surface area contributed by atoms with Crippen LogP contribution in [0.3, 0.4) is 0 Å². The van der Waals surface area contributed by atoms with Crippen LogP contribution in [0.25, 0.3) is 39.7 Å².